The van der Waals surface area contributed by atoms with E-state index in [4.69, 9.17) is 9.47 Å². The van der Waals surface area contributed by atoms with Gasteiger partial charge >= 0.3 is 0 Å². The van der Waals surface area contributed by atoms with E-state index in [-0.39, 0.29) is 5.54 Å². The number of methoxy groups -OCH3 is 1. The first-order valence-corrected chi connectivity index (χ1v) is 10.3. The number of benzene rings is 2. The zero-order valence-corrected chi connectivity index (χ0v) is 18.0. The Labute approximate surface area is 170 Å². The summed E-state index contributed by atoms with van der Waals surface area (Å²) in [6.45, 7) is 2.93. The molecular weight excluding hydrogens is 354 g/mol. The number of rotatable bonds is 11. The lowest BCUT2D eigenvalue weighted by Gasteiger charge is -2.40. The second-order valence-corrected chi connectivity index (χ2v) is 7.67. The van der Waals surface area contributed by atoms with E-state index in [0.717, 1.165) is 42.9 Å². The molecule has 0 saturated carbocycles. The van der Waals surface area contributed by atoms with Crippen LogP contribution in [-0.4, -0.2) is 44.0 Å². The molecule has 1 unspecified atom stereocenters. The summed E-state index contributed by atoms with van der Waals surface area (Å²) in [6.07, 6.45) is 3.96. The molecule has 4 heteroatoms. The Morgan fingerprint density at radius 3 is 2.26 bits per heavy atom. The molecule has 2 aromatic carbocycles. The SMILES string of the molecule is CCC(Cc1ccccc1)(Cc1ccc(OCCCS)c(OC)c1)N(C)C. The lowest BCUT2D eigenvalue weighted by atomic mass is 9.81. The second kappa shape index (κ2) is 10.6. The monoisotopic (exact) mass is 387 g/mol. The zero-order chi connectivity index (χ0) is 19.7. The van der Waals surface area contributed by atoms with Gasteiger partial charge in [0.2, 0.25) is 0 Å². The summed E-state index contributed by atoms with van der Waals surface area (Å²) in [4.78, 5) is 2.36. The summed E-state index contributed by atoms with van der Waals surface area (Å²) in [7, 11) is 6.06. The molecule has 0 amide bonds. The van der Waals surface area contributed by atoms with Crippen LogP contribution in [0, 0.1) is 0 Å². The number of likely N-dealkylation sites (N-methyl/N-ethyl adjacent to an activating group) is 1. The first-order chi connectivity index (χ1) is 13.0. The third-order valence-electron chi connectivity index (χ3n) is 5.30. The Morgan fingerprint density at radius 1 is 0.963 bits per heavy atom. The predicted molar refractivity (Wildman–Crippen MR) is 118 cm³/mol. The highest BCUT2D eigenvalue weighted by Crippen LogP contribution is 2.33. The van der Waals surface area contributed by atoms with Gasteiger partial charge in [-0.05, 0) is 68.8 Å². The molecule has 1 atom stereocenters. The van der Waals surface area contributed by atoms with Crippen LogP contribution in [0.2, 0.25) is 0 Å². The largest absolute Gasteiger partial charge is 0.493 e. The van der Waals surface area contributed by atoms with Crippen molar-refractivity contribution in [1.82, 2.24) is 4.90 Å². The van der Waals surface area contributed by atoms with Crippen LogP contribution in [0.1, 0.15) is 30.9 Å². The first-order valence-electron chi connectivity index (χ1n) is 9.66. The Bertz CT molecular complexity index is 690. The quantitative estimate of drug-likeness (QED) is 0.438. The van der Waals surface area contributed by atoms with Gasteiger partial charge in [-0.1, -0.05) is 43.3 Å². The van der Waals surface area contributed by atoms with Crippen molar-refractivity contribution < 1.29 is 9.47 Å². The van der Waals surface area contributed by atoms with Crippen molar-refractivity contribution in [1.29, 1.82) is 0 Å². The number of hydrogen-bond acceptors (Lipinski definition) is 4. The van der Waals surface area contributed by atoms with Gasteiger partial charge < -0.3 is 14.4 Å². The average molecular weight is 388 g/mol. The van der Waals surface area contributed by atoms with Gasteiger partial charge in [-0.2, -0.15) is 12.6 Å². The molecule has 2 aromatic rings. The number of ether oxygens (including phenoxy) is 2. The fourth-order valence-corrected chi connectivity index (χ4v) is 3.62. The molecule has 0 bridgehead atoms. The van der Waals surface area contributed by atoms with Crippen molar-refractivity contribution in [3.63, 3.8) is 0 Å². The van der Waals surface area contributed by atoms with Gasteiger partial charge in [0, 0.05) is 5.54 Å². The van der Waals surface area contributed by atoms with Crippen LogP contribution in [0.4, 0.5) is 0 Å². The van der Waals surface area contributed by atoms with Crippen molar-refractivity contribution >= 4 is 12.6 Å². The van der Waals surface area contributed by atoms with Crippen molar-refractivity contribution in [2.75, 3.05) is 33.6 Å². The lowest BCUT2D eigenvalue weighted by molar-refractivity contribution is 0.143. The fraction of sp³-hybridized carbons (Fsp3) is 0.478. The summed E-state index contributed by atoms with van der Waals surface area (Å²) in [5.74, 6) is 2.43. The van der Waals surface area contributed by atoms with Crippen LogP contribution in [0.5, 0.6) is 11.5 Å². The molecule has 0 spiro atoms. The number of nitrogens with zero attached hydrogens (tertiary/aromatic N) is 1. The standard InChI is InChI=1S/C23H33NO2S/c1-5-23(24(2)3,17-19-10-7-6-8-11-19)18-20-12-13-21(22(16-20)25-4)26-14-9-15-27/h6-8,10-13,16,27H,5,9,14-15,17-18H2,1-4H3. The topological polar surface area (TPSA) is 21.7 Å². The molecule has 0 aliphatic heterocycles. The third-order valence-corrected chi connectivity index (χ3v) is 5.62. The van der Waals surface area contributed by atoms with Gasteiger partial charge in [-0.15, -0.1) is 0 Å². The zero-order valence-electron chi connectivity index (χ0n) is 17.1. The summed E-state index contributed by atoms with van der Waals surface area (Å²) < 4.78 is 11.4. The summed E-state index contributed by atoms with van der Waals surface area (Å²) in [5.41, 5.74) is 2.69. The Hall–Kier alpha value is -1.65. The minimum absolute atomic E-state index is 0.0563. The first kappa shape index (κ1) is 21.6. The highest BCUT2D eigenvalue weighted by Gasteiger charge is 2.31. The molecule has 0 N–H and O–H groups in total. The van der Waals surface area contributed by atoms with Crippen LogP contribution in [0.25, 0.3) is 0 Å². The molecule has 3 nitrogen and oxygen atoms in total. The van der Waals surface area contributed by atoms with Gasteiger partial charge in [0.15, 0.2) is 11.5 Å². The molecule has 0 radical (unpaired) electrons. The van der Waals surface area contributed by atoms with E-state index < -0.39 is 0 Å². The van der Waals surface area contributed by atoms with Gasteiger partial charge in [0.05, 0.1) is 13.7 Å². The van der Waals surface area contributed by atoms with E-state index in [1.54, 1.807) is 7.11 Å². The molecule has 0 fully saturated rings. The van der Waals surface area contributed by atoms with Gasteiger partial charge in [0.25, 0.3) is 0 Å². The second-order valence-electron chi connectivity index (χ2n) is 7.22. The predicted octanol–water partition coefficient (Wildman–Crippen LogP) is 4.89. The minimum atomic E-state index is 0.0563. The molecule has 2 rings (SSSR count). The maximum Gasteiger partial charge on any atom is 0.161 e. The van der Waals surface area contributed by atoms with E-state index in [9.17, 15) is 0 Å². The van der Waals surface area contributed by atoms with Gasteiger partial charge in [-0.3, -0.25) is 0 Å². The van der Waals surface area contributed by atoms with Crippen molar-refractivity contribution in [3.8, 4) is 11.5 Å². The summed E-state index contributed by atoms with van der Waals surface area (Å²) in [6, 6.07) is 17.1. The molecule has 0 saturated heterocycles. The van der Waals surface area contributed by atoms with Crippen molar-refractivity contribution in [2.45, 2.75) is 38.1 Å². The molecule has 27 heavy (non-hydrogen) atoms. The van der Waals surface area contributed by atoms with Gasteiger partial charge in [-0.25, -0.2) is 0 Å². The Morgan fingerprint density at radius 2 is 1.67 bits per heavy atom. The number of thiol groups is 1. The smallest absolute Gasteiger partial charge is 0.161 e. The fourth-order valence-electron chi connectivity index (χ4n) is 3.49. The maximum atomic E-state index is 5.84. The van der Waals surface area contributed by atoms with Crippen LogP contribution in [-0.2, 0) is 12.8 Å². The molecular formula is C23H33NO2S. The van der Waals surface area contributed by atoms with E-state index >= 15 is 0 Å². The summed E-state index contributed by atoms with van der Waals surface area (Å²) in [5, 5.41) is 0. The van der Waals surface area contributed by atoms with Crippen LogP contribution >= 0.6 is 12.6 Å². The summed E-state index contributed by atoms with van der Waals surface area (Å²) >= 11 is 4.23. The van der Waals surface area contributed by atoms with Gasteiger partial charge in [0.1, 0.15) is 0 Å². The molecule has 0 aliphatic carbocycles. The minimum Gasteiger partial charge on any atom is -0.493 e. The molecule has 148 valence electrons. The van der Waals surface area contributed by atoms with Crippen molar-refractivity contribution in [2.24, 2.45) is 0 Å². The average Bonchev–Trinajstić information content (AvgIpc) is 2.69. The molecule has 0 aliphatic rings. The molecule has 0 aromatic heterocycles. The van der Waals surface area contributed by atoms with Crippen molar-refractivity contribution in [3.05, 3.63) is 59.7 Å². The number of hydrogen-bond donors (Lipinski definition) is 1. The third kappa shape index (κ3) is 5.91. The van der Waals surface area contributed by atoms with E-state index in [1.165, 1.54) is 11.1 Å². The van der Waals surface area contributed by atoms with E-state index in [1.807, 2.05) is 6.07 Å². The van der Waals surface area contributed by atoms with Crippen LogP contribution in [0.3, 0.4) is 0 Å². The van der Waals surface area contributed by atoms with Crippen LogP contribution in [0.15, 0.2) is 48.5 Å². The van der Waals surface area contributed by atoms with Crippen LogP contribution < -0.4 is 9.47 Å². The highest BCUT2D eigenvalue weighted by molar-refractivity contribution is 7.80. The maximum absolute atomic E-state index is 5.84. The lowest BCUT2D eigenvalue weighted by Crippen LogP contribution is -2.47. The van der Waals surface area contributed by atoms with E-state index in [2.05, 4.69) is 81.0 Å². The Kier molecular flexibility index (Phi) is 8.52. The molecule has 0 heterocycles. The Balaban J connectivity index is 2.23. The highest BCUT2D eigenvalue weighted by atomic mass is 32.1. The van der Waals surface area contributed by atoms with E-state index in [0.29, 0.717) is 6.61 Å². The normalized spacial score (nSPS) is 13.4.